The molecule has 0 spiro atoms. The summed E-state index contributed by atoms with van der Waals surface area (Å²) in [5, 5.41) is 3.45. The van der Waals surface area contributed by atoms with Crippen LogP contribution in [-0.4, -0.2) is 45.3 Å². The normalized spacial score (nSPS) is 12.9. The Morgan fingerprint density at radius 3 is 2.61 bits per heavy atom. The smallest absolute Gasteiger partial charge is 0.0474 e. The van der Waals surface area contributed by atoms with Crippen molar-refractivity contribution in [3.8, 4) is 0 Å². The third kappa shape index (κ3) is 5.17. The van der Waals surface area contributed by atoms with Gasteiger partial charge in [0.15, 0.2) is 0 Å². The predicted molar refractivity (Wildman–Crippen MR) is 76.8 cm³/mol. The molecule has 0 saturated heterocycles. The van der Waals surface area contributed by atoms with Crippen LogP contribution in [0.4, 0.5) is 0 Å². The van der Waals surface area contributed by atoms with Gasteiger partial charge >= 0.3 is 0 Å². The number of nitrogens with zero attached hydrogens (tertiary/aromatic N) is 1. The number of hydrogen-bond donors (Lipinski definition) is 1. The van der Waals surface area contributed by atoms with Crippen LogP contribution in [0.15, 0.2) is 30.3 Å². The van der Waals surface area contributed by atoms with Gasteiger partial charge in [-0.3, -0.25) is 4.90 Å². The first-order chi connectivity index (χ1) is 8.79. The molecule has 0 aliphatic rings. The Labute approximate surface area is 111 Å². The number of benzene rings is 1. The second-order valence-electron chi connectivity index (χ2n) is 4.56. The molecule has 1 N–H and O–H groups in total. The zero-order valence-electron chi connectivity index (χ0n) is 11.9. The van der Waals surface area contributed by atoms with Crippen molar-refractivity contribution < 1.29 is 4.74 Å². The van der Waals surface area contributed by atoms with Gasteiger partial charge in [-0.2, -0.15) is 0 Å². The molecule has 0 heterocycles. The SMILES string of the molecule is CCNCC(c1ccccc1)N(C)CCCOC. The maximum Gasteiger partial charge on any atom is 0.0474 e. The summed E-state index contributed by atoms with van der Waals surface area (Å²) >= 11 is 0. The topological polar surface area (TPSA) is 24.5 Å². The molecule has 1 unspecified atom stereocenters. The maximum absolute atomic E-state index is 5.12. The second-order valence-corrected chi connectivity index (χ2v) is 4.56. The van der Waals surface area contributed by atoms with Crippen molar-refractivity contribution in [1.29, 1.82) is 0 Å². The molecule has 1 atom stereocenters. The standard InChI is InChI=1S/C15H26N2O/c1-4-16-13-15(14-9-6-5-7-10-14)17(2)11-8-12-18-3/h5-7,9-10,15-16H,4,8,11-13H2,1-3H3. The van der Waals surface area contributed by atoms with Crippen molar-refractivity contribution in [3.05, 3.63) is 35.9 Å². The van der Waals surface area contributed by atoms with Gasteiger partial charge in [-0.1, -0.05) is 37.3 Å². The van der Waals surface area contributed by atoms with E-state index in [0.717, 1.165) is 32.7 Å². The maximum atomic E-state index is 5.12. The fourth-order valence-corrected chi connectivity index (χ4v) is 2.10. The summed E-state index contributed by atoms with van der Waals surface area (Å²) in [5.74, 6) is 0. The molecule has 0 bridgehead atoms. The minimum atomic E-state index is 0.433. The minimum absolute atomic E-state index is 0.433. The molecule has 18 heavy (non-hydrogen) atoms. The molecular weight excluding hydrogens is 224 g/mol. The van der Waals surface area contributed by atoms with Crippen molar-refractivity contribution in [1.82, 2.24) is 10.2 Å². The Bertz CT molecular complexity index is 303. The number of rotatable bonds is 9. The average molecular weight is 250 g/mol. The van der Waals surface area contributed by atoms with Crippen LogP contribution in [-0.2, 0) is 4.74 Å². The largest absolute Gasteiger partial charge is 0.385 e. The van der Waals surface area contributed by atoms with Crippen LogP contribution < -0.4 is 5.32 Å². The highest BCUT2D eigenvalue weighted by molar-refractivity contribution is 5.19. The van der Waals surface area contributed by atoms with Crippen LogP contribution in [0.1, 0.15) is 24.9 Å². The van der Waals surface area contributed by atoms with Gasteiger partial charge in [0, 0.05) is 32.8 Å². The van der Waals surface area contributed by atoms with Crippen molar-refractivity contribution >= 4 is 0 Å². The quantitative estimate of drug-likeness (QED) is 0.681. The Morgan fingerprint density at radius 2 is 2.00 bits per heavy atom. The zero-order chi connectivity index (χ0) is 13.2. The molecule has 0 fully saturated rings. The Balaban J connectivity index is 2.59. The second kappa shape index (κ2) is 9.09. The van der Waals surface area contributed by atoms with E-state index >= 15 is 0 Å². The lowest BCUT2D eigenvalue weighted by Crippen LogP contribution is -2.34. The first-order valence-corrected chi connectivity index (χ1v) is 6.74. The van der Waals surface area contributed by atoms with E-state index in [4.69, 9.17) is 4.74 Å². The lowest BCUT2D eigenvalue weighted by atomic mass is 10.1. The summed E-state index contributed by atoms with van der Waals surface area (Å²) in [6.07, 6.45) is 1.07. The number of nitrogens with one attached hydrogen (secondary N) is 1. The first-order valence-electron chi connectivity index (χ1n) is 6.74. The lowest BCUT2D eigenvalue weighted by molar-refractivity contribution is 0.164. The highest BCUT2D eigenvalue weighted by Crippen LogP contribution is 2.18. The van der Waals surface area contributed by atoms with Gasteiger partial charge in [0.05, 0.1) is 0 Å². The summed E-state index contributed by atoms with van der Waals surface area (Å²) in [4.78, 5) is 2.40. The monoisotopic (exact) mass is 250 g/mol. The van der Waals surface area contributed by atoms with Crippen molar-refractivity contribution in [3.63, 3.8) is 0 Å². The van der Waals surface area contributed by atoms with Crippen LogP contribution in [0, 0.1) is 0 Å². The van der Waals surface area contributed by atoms with E-state index in [1.807, 2.05) is 0 Å². The molecule has 0 radical (unpaired) electrons. The predicted octanol–water partition coefficient (Wildman–Crippen LogP) is 2.31. The molecule has 3 nitrogen and oxygen atoms in total. The fourth-order valence-electron chi connectivity index (χ4n) is 2.10. The molecule has 0 aliphatic heterocycles. The van der Waals surface area contributed by atoms with Gasteiger partial charge in [-0.15, -0.1) is 0 Å². The fraction of sp³-hybridized carbons (Fsp3) is 0.600. The van der Waals surface area contributed by atoms with Gasteiger partial charge in [0.1, 0.15) is 0 Å². The van der Waals surface area contributed by atoms with Crippen LogP contribution in [0.25, 0.3) is 0 Å². The molecule has 0 aliphatic carbocycles. The third-order valence-corrected chi connectivity index (χ3v) is 3.16. The van der Waals surface area contributed by atoms with Gasteiger partial charge in [0.25, 0.3) is 0 Å². The molecular formula is C15H26N2O. The van der Waals surface area contributed by atoms with Crippen LogP contribution in [0.5, 0.6) is 0 Å². The first kappa shape index (κ1) is 15.2. The van der Waals surface area contributed by atoms with Crippen LogP contribution >= 0.6 is 0 Å². The van der Waals surface area contributed by atoms with Crippen LogP contribution in [0.3, 0.4) is 0 Å². The molecule has 1 aromatic rings. The molecule has 1 aromatic carbocycles. The van der Waals surface area contributed by atoms with E-state index in [1.165, 1.54) is 5.56 Å². The molecule has 102 valence electrons. The molecule has 1 rings (SSSR count). The van der Waals surface area contributed by atoms with E-state index in [9.17, 15) is 0 Å². The van der Waals surface area contributed by atoms with Crippen LogP contribution in [0.2, 0.25) is 0 Å². The summed E-state index contributed by atoms with van der Waals surface area (Å²) in [7, 11) is 3.94. The zero-order valence-corrected chi connectivity index (χ0v) is 11.9. The summed E-state index contributed by atoms with van der Waals surface area (Å²) in [6.45, 7) is 6.03. The van der Waals surface area contributed by atoms with Gasteiger partial charge in [-0.25, -0.2) is 0 Å². The Kier molecular flexibility index (Phi) is 7.65. The Hall–Kier alpha value is -0.900. The van der Waals surface area contributed by atoms with Gasteiger partial charge in [-0.05, 0) is 25.6 Å². The average Bonchev–Trinajstić information content (AvgIpc) is 2.41. The van der Waals surface area contributed by atoms with Gasteiger partial charge < -0.3 is 10.1 Å². The minimum Gasteiger partial charge on any atom is -0.385 e. The number of likely N-dealkylation sites (N-methyl/N-ethyl adjacent to an activating group) is 2. The van der Waals surface area contributed by atoms with E-state index < -0.39 is 0 Å². The van der Waals surface area contributed by atoms with Crippen molar-refractivity contribution in [2.45, 2.75) is 19.4 Å². The molecule has 0 amide bonds. The third-order valence-electron chi connectivity index (χ3n) is 3.16. The van der Waals surface area contributed by atoms with Gasteiger partial charge in [0.2, 0.25) is 0 Å². The van der Waals surface area contributed by atoms with E-state index in [1.54, 1.807) is 7.11 Å². The highest BCUT2D eigenvalue weighted by atomic mass is 16.5. The number of ether oxygens (including phenoxy) is 1. The number of methoxy groups -OCH3 is 1. The highest BCUT2D eigenvalue weighted by Gasteiger charge is 2.15. The molecule has 0 aromatic heterocycles. The van der Waals surface area contributed by atoms with E-state index in [2.05, 4.69) is 54.5 Å². The van der Waals surface area contributed by atoms with Crippen molar-refractivity contribution in [2.24, 2.45) is 0 Å². The summed E-state index contributed by atoms with van der Waals surface area (Å²) in [6, 6.07) is 11.1. The lowest BCUT2D eigenvalue weighted by Gasteiger charge is -2.28. The Morgan fingerprint density at radius 1 is 1.28 bits per heavy atom. The molecule has 3 heteroatoms. The summed E-state index contributed by atoms with van der Waals surface area (Å²) < 4.78 is 5.12. The molecule has 0 saturated carbocycles. The number of hydrogen-bond acceptors (Lipinski definition) is 3. The van der Waals surface area contributed by atoms with E-state index in [-0.39, 0.29) is 0 Å². The summed E-state index contributed by atoms with van der Waals surface area (Å²) in [5.41, 5.74) is 1.37. The van der Waals surface area contributed by atoms with Crippen molar-refractivity contribution in [2.75, 3.05) is 40.4 Å². The van der Waals surface area contributed by atoms with E-state index in [0.29, 0.717) is 6.04 Å².